The summed E-state index contributed by atoms with van der Waals surface area (Å²) < 4.78 is 18.1. The Bertz CT molecular complexity index is 1010. The van der Waals surface area contributed by atoms with Crippen molar-refractivity contribution in [1.82, 2.24) is 10.3 Å². The van der Waals surface area contributed by atoms with Crippen molar-refractivity contribution in [3.8, 4) is 5.75 Å². The highest BCUT2D eigenvalue weighted by Gasteiger charge is 2.08. The van der Waals surface area contributed by atoms with Crippen molar-refractivity contribution in [2.75, 3.05) is 6.61 Å². The summed E-state index contributed by atoms with van der Waals surface area (Å²) in [5, 5.41) is 3.59. The zero-order valence-corrected chi connectivity index (χ0v) is 15.2. The van der Waals surface area contributed by atoms with Crippen molar-refractivity contribution in [1.29, 1.82) is 0 Å². The normalized spacial score (nSPS) is 11.0. The number of hydrogen-bond acceptors (Lipinski definition) is 3. The second-order valence-electron chi connectivity index (χ2n) is 6.64. The molecule has 0 unspecified atom stereocenters. The van der Waals surface area contributed by atoms with Crippen molar-refractivity contribution in [3.05, 3.63) is 75.8 Å². The summed E-state index contributed by atoms with van der Waals surface area (Å²) in [5.74, 6) is 0.0436. The molecule has 0 saturated carbocycles. The number of ether oxygens (including phenoxy) is 1. The number of aromatic amines is 1. The molecule has 27 heavy (non-hydrogen) atoms. The molecule has 0 saturated heterocycles. The summed E-state index contributed by atoms with van der Waals surface area (Å²) in [7, 11) is 0. The molecule has 2 aromatic carbocycles. The lowest BCUT2D eigenvalue weighted by atomic mass is 10.0. The highest BCUT2D eigenvalue weighted by Crippen LogP contribution is 2.20. The molecule has 5 nitrogen and oxygen atoms in total. The van der Waals surface area contributed by atoms with Crippen LogP contribution < -0.4 is 15.6 Å². The Labute approximate surface area is 156 Å². The maximum absolute atomic E-state index is 12.8. The number of nitrogens with one attached hydrogen (secondary N) is 2. The van der Waals surface area contributed by atoms with E-state index in [4.69, 9.17) is 4.74 Å². The standard InChI is InChI=1S/C21H21FN2O3/c1-13(2)14-3-8-19-15(9-14)10-16(21(26)24-19)11-23-20(25)12-27-18-6-4-17(22)5-7-18/h3-10,13H,11-12H2,1-2H3,(H,23,25)(H,24,26). The quantitative estimate of drug-likeness (QED) is 0.700. The Morgan fingerprint density at radius 3 is 2.59 bits per heavy atom. The van der Waals surface area contributed by atoms with Crippen LogP contribution in [0.15, 0.2) is 53.3 Å². The molecule has 0 aliphatic rings. The molecule has 0 aliphatic heterocycles. The van der Waals surface area contributed by atoms with Gasteiger partial charge in [-0.25, -0.2) is 4.39 Å². The number of carbonyl (C=O) groups excluding carboxylic acids is 1. The number of pyridine rings is 1. The molecule has 1 aromatic heterocycles. The zero-order chi connectivity index (χ0) is 19.4. The zero-order valence-electron chi connectivity index (χ0n) is 15.2. The lowest BCUT2D eigenvalue weighted by Gasteiger charge is -2.10. The topological polar surface area (TPSA) is 71.2 Å². The number of amides is 1. The van der Waals surface area contributed by atoms with E-state index in [1.807, 2.05) is 18.2 Å². The number of aromatic nitrogens is 1. The van der Waals surface area contributed by atoms with Crippen LogP contribution in [0.3, 0.4) is 0 Å². The first-order valence-corrected chi connectivity index (χ1v) is 8.73. The SMILES string of the molecule is CC(C)c1ccc2[nH]c(=O)c(CNC(=O)COc3ccc(F)cc3)cc2c1. The molecule has 3 aromatic rings. The summed E-state index contributed by atoms with van der Waals surface area (Å²) in [4.78, 5) is 27.0. The minimum atomic E-state index is -0.372. The van der Waals surface area contributed by atoms with Crippen molar-refractivity contribution in [3.63, 3.8) is 0 Å². The van der Waals surface area contributed by atoms with Gasteiger partial charge in [0.1, 0.15) is 11.6 Å². The van der Waals surface area contributed by atoms with E-state index >= 15 is 0 Å². The smallest absolute Gasteiger partial charge is 0.258 e. The number of halogens is 1. The van der Waals surface area contributed by atoms with Crippen LogP contribution in [0.4, 0.5) is 4.39 Å². The van der Waals surface area contributed by atoms with Gasteiger partial charge in [-0.2, -0.15) is 0 Å². The van der Waals surface area contributed by atoms with Gasteiger partial charge in [0.05, 0.1) is 0 Å². The van der Waals surface area contributed by atoms with Crippen LogP contribution in [0.5, 0.6) is 5.75 Å². The molecule has 0 aliphatic carbocycles. The van der Waals surface area contributed by atoms with Gasteiger partial charge in [-0.05, 0) is 59.3 Å². The molecule has 3 rings (SSSR count). The van der Waals surface area contributed by atoms with Gasteiger partial charge in [-0.1, -0.05) is 19.9 Å². The predicted octanol–water partition coefficient (Wildman–Crippen LogP) is 3.49. The van der Waals surface area contributed by atoms with E-state index in [0.29, 0.717) is 17.2 Å². The van der Waals surface area contributed by atoms with E-state index in [1.165, 1.54) is 29.8 Å². The van der Waals surface area contributed by atoms with Gasteiger partial charge in [0.15, 0.2) is 6.61 Å². The Morgan fingerprint density at radius 1 is 1.15 bits per heavy atom. The van der Waals surface area contributed by atoms with E-state index in [1.54, 1.807) is 6.07 Å². The van der Waals surface area contributed by atoms with Crippen molar-refractivity contribution in [2.45, 2.75) is 26.3 Å². The number of fused-ring (bicyclic) bond motifs is 1. The Morgan fingerprint density at radius 2 is 1.89 bits per heavy atom. The first-order valence-electron chi connectivity index (χ1n) is 8.73. The molecule has 0 radical (unpaired) electrons. The minimum absolute atomic E-state index is 0.1000. The van der Waals surface area contributed by atoms with Gasteiger partial charge < -0.3 is 15.0 Å². The van der Waals surface area contributed by atoms with Crippen LogP contribution in [-0.2, 0) is 11.3 Å². The molecule has 0 fully saturated rings. The monoisotopic (exact) mass is 368 g/mol. The van der Waals surface area contributed by atoms with Crippen LogP contribution in [-0.4, -0.2) is 17.5 Å². The number of H-pyrrole nitrogens is 1. The van der Waals surface area contributed by atoms with E-state index < -0.39 is 0 Å². The van der Waals surface area contributed by atoms with Gasteiger partial charge >= 0.3 is 0 Å². The molecule has 0 atom stereocenters. The second-order valence-corrected chi connectivity index (χ2v) is 6.64. The summed E-state index contributed by atoms with van der Waals surface area (Å²) >= 11 is 0. The van der Waals surface area contributed by atoms with E-state index in [2.05, 4.69) is 24.1 Å². The van der Waals surface area contributed by atoms with Crippen molar-refractivity contribution in [2.24, 2.45) is 0 Å². The molecule has 1 amide bonds. The second kappa shape index (κ2) is 8.03. The highest BCUT2D eigenvalue weighted by atomic mass is 19.1. The summed E-state index contributed by atoms with van der Waals surface area (Å²) in [6, 6.07) is 13.1. The van der Waals surface area contributed by atoms with E-state index in [0.717, 1.165) is 10.9 Å². The minimum Gasteiger partial charge on any atom is -0.484 e. The largest absolute Gasteiger partial charge is 0.484 e. The van der Waals surface area contributed by atoms with Crippen LogP contribution in [0.25, 0.3) is 10.9 Å². The Hall–Kier alpha value is -3.15. The van der Waals surface area contributed by atoms with Gasteiger partial charge in [-0.3, -0.25) is 9.59 Å². The summed E-state index contributed by atoms with van der Waals surface area (Å²) in [5.41, 5.74) is 2.18. The van der Waals surface area contributed by atoms with E-state index in [9.17, 15) is 14.0 Å². The predicted molar refractivity (Wildman–Crippen MR) is 102 cm³/mol. The summed E-state index contributed by atoms with van der Waals surface area (Å²) in [6.07, 6.45) is 0. The fraction of sp³-hybridized carbons (Fsp3) is 0.238. The number of benzene rings is 2. The molecule has 6 heteroatoms. The highest BCUT2D eigenvalue weighted by molar-refractivity contribution is 5.80. The average molecular weight is 368 g/mol. The van der Waals surface area contributed by atoms with Crippen LogP contribution in [0, 0.1) is 5.82 Å². The van der Waals surface area contributed by atoms with Crippen LogP contribution >= 0.6 is 0 Å². The van der Waals surface area contributed by atoms with E-state index in [-0.39, 0.29) is 30.4 Å². The Kier molecular flexibility index (Phi) is 5.54. The summed E-state index contributed by atoms with van der Waals surface area (Å²) in [6.45, 7) is 4.10. The fourth-order valence-corrected chi connectivity index (χ4v) is 2.69. The molecule has 0 spiro atoms. The third-order valence-electron chi connectivity index (χ3n) is 4.27. The Balaban J connectivity index is 1.64. The lowest BCUT2D eigenvalue weighted by molar-refractivity contribution is -0.123. The molecule has 140 valence electrons. The maximum atomic E-state index is 12.8. The molecule has 2 N–H and O–H groups in total. The van der Waals surface area contributed by atoms with Gasteiger partial charge in [0.2, 0.25) is 0 Å². The molecular formula is C21H21FN2O3. The number of hydrogen-bond donors (Lipinski definition) is 2. The number of rotatable bonds is 6. The van der Waals surface area contributed by atoms with Gasteiger partial charge in [0, 0.05) is 17.6 Å². The van der Waals surface area contributed by atoms with Crippen LogP contribution in [0.2, 0.25) is 0 Å². The van der Waals surface area contributed by atoms with Crippen LogP contribution in [0.1, 0.15) is 30.9 Å². The molecule has 1 heterocycles. The molecule has 0 bridgehead atoms. The van der Waals surface area contributed by atoms with Crippen molar-refractivity contribution < 1.29 is 13.9 Å². The third kappa shape index (κ3) is 4.73. The molecular weight excluding hydrogens is 347 g/mol. The lowest BCUT2D eigenvalue weighted by Crippen LogP contribution is -2.30. The average Bonchev–Trinajstić information content (AvgIpc) is 2.65. The van der Waals surface area contributed by atoms with Crippen molar-refractivity contribution >= 4 is 16.8 Å². The number of carbonyl (C=O) groups is 1. The first-order chi connectivity index (χ1) is 12.9. The fourth-order valence-electron chi connectivity index (χ4n) is 2.69. The first kappa shape index (κ1) is 18.6. The van der Waals surface area contributed by atoms with Gasteiger partial charge in [0.25, 0.3) is 11.5 Å². The third-order valence-corrected chi connectivity index (χ3v) is 4.27. The van der Waals surface area contributed by atoms with Gasteiger partial charge in [-0.15, -0.1) is 0 Å². The maximum Gasteiger partial charge on any atom is 0.258 e.